The van der Waals surface area contributed by atoms with Gasteiger partial charge in [0, 0.05) is 31.2 Å². The van der Waals surface area contributed by atoms with Gasteiger partial charge in [0.05, 0.1) is 5.54 Å². The van der Waals surface area contributed by atoms with Gasteiger partial charge in [-0.1, -0.05) is 6.92 Å². The maximum Gasteiger partial charge on any atom is 0.237 e. The third kappa shape index (κ3) is 3.93. The van der Waals surface area contributed by atoms with Crippen LogP contribution in [0.3, 0.4) is 0 Å². The molecule has 1 heterocycles. The number of rotatable bonds is 6. The van der Waals surface area contributed by atoms with Crippen LogP contribution >= 0.6 is 0 Å². The van der Waals surface area contributed by atoms with Crippen molar-refractivity contribution in [2.75, 3.05) is 33.2 Å². The van der Waals surface area contributed by atoms with Crippen molar-refractivity contribution in [1.82, 2.24) is 15.1 Å². The molecule has 0 aromatic rings. The van der Waals surface area contributed by atoms with E-state index >= 15 is 0 Å². The lowest BCUT2D eigenvalue weighted by molar-refractivity contribution is -0.124. The van der Waals surface area contributed by atoms with Crippen LogP contribution in [0.4, 0.5) is 0 Å². The Morgan fingerprint density at radius 2 is 2.05 bits per heavy atom. The summed E-state index contributed by atoms with van der Waals surface area (Å²) in [5.74, 6) is -0.264. The molecule has 1 fully saturated rings. The first kappa shape index (κ1) is 17.4. The van der Waals surface area contributed by atoms with Crippen molar-refractivity contribution in [3.05, 3.63) is 0 Å². The van der Waals surface area contributed by atoms with Gasteiger partial charge in [-0.25, -0.2) is 0 Å². The fourth-order valence-electron chi connectivity index (χ4n) is 3.02. The standard InChI is InChI=1S/C15H32N4O/c1-7-17-15(5,13(16)20)10-12(2)19-9-8-18(6)14(3,4)11-19/h12,17H,7-11H2,1-6H3,(H2,16,20). The molecular formula is C15H32N4O. The molecule has 1 aliphatic heterocycles. The van der Waals surface area contributed by atoms with Crippen molar-refractivity contribution in [3.8, 4) is 0 Å². The molecule has 118 valence electrons. The quantitative estimate of drug-likeness (QED) is 0.751. The van der Waals surface area contributed by atoms with Gasteiger partial charge < -0.3 is 11.1 Å². The molecule has 1 rings (SSSR count). The third-order valence-electron chi connectivity index (χ3n) is 4.78. The maximum absolute atomic E-state index is 11.7. The summed E-state index contributed by atoms with van der Waals surface area (Å²) in [4.78, 5) is 16.6. The average Bonchev–Trinajstić information content (AvgIpc) is 2.32. The van der Waals surface area contributed by atoms with E-state index < -0.39 is 5.54 Å². The number of primary amides is 1. The van der Waals surface area contributed by atoms with Gasteiger partial charge >= 0.3 is 0 Å². The summed E-state index contributed by atoms with van der Waals surface area (Å²) in [6.45, 7) is 14.5. The van der Waals surface area contributed by atoms with Crippen LogP contribution in [0, 0.1) is 0 Å². The molecule has 20 heavy (non-hydrogen) atoms. The minimum Gasteiger partial charge on any atom is -0.368 e. The molecule has 5 nitrogen and oxygen atoms in total. The van der Waals surface area contributed by atoms with Gasteiger partial charge in [-0.2, -0.15) is 0 Å². The normalized spacial score (nSPS) is 25.1. The molecule has 1 aliphatic rings. The zero-order valence-corrected chi connectivity index (χ0v) is 14.0. The average molecular weight is 284 g/mol. The Labute approximate surface area is 123 Å². The van der Waals surface area contributed by atoms with Crippen molar-refractivity contribution in [3.63, 3.8) is 0 Å². The second-order valence-corrected chi connectivity index (χ2v) is 6.98. The number of hydrogen-bond acceptors (Lipinski definition) is 4. The summed E-state index contributed by atoms with van der Waals surface area (Å²) in [6, 6.07) is 0.333. The fourth-order valence-corrected chi connectivity index (χ4v) is 3.02. The molecule has 3 N–H and O–H groups in total. The number of nitrogens with one attached hydrogen (secondary N) is 1. The zero-order chi connectivity index (χ0) is 15.6. The highest BCUT2D eigenvalue weighted by molar-refractivity contribution is 5.84. The summed E-state index contributed by atoms with van der Waals surface area (Å²) < 4.78 is 0. The maximum atomic E-state index is 11.7. The highest BCUT2D eigenvalue weighted by atomic mass is 16.1. The minimum atomic E-state index is -0.623. The van der Waals surface area contributed by atoms with E-state index in [2.05, 4.69) is 42.9 Å². The first-order chi connectivity index (χ1) is 9.12. The molecule has 2 unspecified atom stereocenters. The Morgan fingerprint density at radius 3 is 2.50 bits per heavy atom. The molecule has 0 radical (unpaired) electrons. The SMILES string of the molecule is CCNC(C)(CC(C)N1CCN(C)C(C)(C)C1)C(N)=O. The van der Waals surface area contributed by atoms with Gasteiger partial charge in [0.2, 0.25) is 5.91 Å². The van der Waals surface area contributed by atoms with Crippen LogP contribution in [0.1, 0.15) is 41.0 Å². The Morgan fingerprint density at radius 1 is 1.45 bits per heavy atom. The number of carbonyl (C=O) groups is 1. The van der Waals surface area contributed by atoms with E-state index in [0.29, 0.717) is 6.04 Å². The Kier molecular flexibility index (Phi) is 5.58. The van der Waals surface area contributed by atoms with Crippen LogP contribution in [0.25, 0.3) is 0 Å². The third-order valence-corrected chi connectivity index (χ3v) is 4.78. The topological polar surface area (TPSA) is 61.6 Å². The number of nitrogens with zero attached hydrogens (tertiary/aromatic N) is 2. The van der Waals surface area contributed by atoms with Gasteiger partial charge in [0.1, 0.15) is 0 Å². The van der Waals surface area contributed by atoms with Gasteiger partial charge in [-0.3, -0.25) is 14.6 Å². The largest absolute Gasteiger partial charge is 0.368 e. The molecule has 0 aliphatic carbocycles. The fraction of sp³-hybridized carbons (Fsp3) is 0.933. The molecule has 0 saturated carbocycles. The van der Waals surface area contributed by atoms with Crippen molar-refractivity contribution in [2.45, 2.75) is 58.2 Å². The van der Waals surface area contributed by atoms with Crippen LogP contribution < -0.4 is 11.1 Å². The molecule has 0 aromatic heterocycles. The predicted octanol–water partition coefficient (Wildman–Crippen LogP) is 0.645. The van der Waals surface area contributed by atoms with Gasteiger partial charge in [-0.15, -0.1) is 0 Å². The number of amides is 1. The van der Waals surface area contributed by atoms with Gasteiger partial charge in [0.15, 0.2) is 0 Å². The number of piperazine rings is 1. The molecular weight excluding hydrogens is 252 g/mol. The first-order valence-electron chi connectivity index (χ1n) is 7.62. The summed E-state index contributed by atoms with van der Waals surface area (Å²) in [5, 5.41) is 3.25. The summed E-state index contributed by atoms with van der Waals surface area (Å²) in [7, 11) is 2.17. The molecule has 1 amide bonds. The van der Waals surface area contributed by atoms with E-state index in [4.69, 9.17) is 5.73 Å². The Hall–Kier alpha value is -0.650. The Bertz CT molecular complexity index is 345. The van der Waals surface area contributed by atoms with Crippen LogP contribution in [-0.2, 0) is 4.79 Å². The van der Waals surface area contributed by atoms with Crippen molar-refractivity contribution in [1.29, 1.82) is 0 Å². The van der Waals surface area contributed by atoms with Crippen molar-refractivity contribution >= 4 is 5.91 Å². The van der Waals surface area contributed by atoms with E-state index in [1.54, 1.807) is 0 Å². The predicted molar refractivity (Wildman–Crippen MR) is 83.6 cm³/mol. The van der Waals surface area contributed by atoms with E-state index in [-0.39, 0.29) is 11.4 Å². The Balaban J connectivity index is 2.70. The number of hydrogen-bond donors (Lipinski definition) is 2. The van der Waals surface area contributed by atoms with E-state index in [1.807, 2.05) is 13.8 Å². The van der Waals surface area contributed by atoms with Crippen LogP contribution in [0.15, 0.2) is 0 Å². The molecule has 0 aromatic carbocycles. The second-order valence-electron chi connectivity index (χ2n) is 6.98. The first-order valence-corrected chi connectivity index (χ1v) is 7.62. The second kappa shape index (κ2) is 6.41. The number of likely N-dealkylation sites (N-methyl/N-ethyl adjacent to an activating group) is 2. The van der Waals surface area contributed by atoms with E-state index in [0.717, 1.165) is 32.6 Å². The van der Waals surface area contributed by atoms with Crippen LogP contribution in [-0.4, -0.2) is 66.1 Å². The molecule has 1 saturated heterocycles. The van der Waals surface area contributed by atoms with Crippen LogP contribution in [0.5, 0.6) is 0 Å². The van der Waals surface area contributed by atoms with Crippen LogP contribution in [0.2, 0.25) is 0 Å². The van der Waals surface area contributed by atoms with E-state index in [1.165, 1.54) is 0 Å². The highest BCUT2D eigenvalue weighted by Crippen LogP contribution is 2.24. The molecule has 2 atom stereocenters. The lowest BCUT2D eigenvalue weighted by atomic mass is 9.90. The summed E-state index contributed by atoms with van der Waals surface area (Å²) in [6.07, 6.45) is 0.746. The smallest absolute Gasteiger partial charge is 0.237 e. The van der Waals surface area contributed by atoms with Crippen molar-refractivity contribution < 1.29 is 4.79 Å². The number of nitrogens with two attached hydrogens (primary N) is 1. The molecule has 0 spiro atoms. The highest BCUT2D eigenvalue weighted by Gasteiger charge is 2.37. The van der Waals surface area contributed by atoms with Gasteiger partial charge in [-0.05, 0) is 47.7 Å². The monoisotopic (exact) mass is 284 g/mol. The van der Waals surface area contributed by atoms with Gasteiger partial charge in [0.25, 0.3) is 0 Å². The van der Waals surface area contributed by atoms with Crippen molar-refractivity contribution in [2.24, 2.45) is 5.73 Å². The summed E-state index contributed by atoms with van der Waals surface area (Å²) >= 11 is 0. The number of carbonyl (C=O) groups excluding carboxylic acids is 1. The minimum absolute atomic E-state index is 0.174. The lowest BCUT2D eigenvalue weighted by Gasteiger charge is -2.48. The molecule has 5 heteroatoms. The zero-order valence-electron chi connectivity index (χ0n) is 14.0. The summed E-state index contributed by atoms with van der Waals surface area (Å²) in [5.41, 5.74) is 5.13. The molecule has 0 bridgehead atoms. The van der Waals surface area contributed by atoms with E-state index in [9.17, 15) is 4.79 Å². The lowest BCUT2D eigenvalue weighted by Crippen LogP contribution is -2.62.